The van der Waals surface area contributed by atoms with Crippen LogP contribution in [0.4, 0.5) is 18.2 Å². The van der Waals surface area contributed by atoms with Crippen molar-refractivity contribution in [3.8, 4) is 5.75 Å². The van der Waals surface area contributed by atoms with E-state index >= 15 is 0 Å². The van der Waals surface area contributed by atoms with Crippen LogP contribution in [-0.4, -0.2) is 57.3 Å². The highest BCUT2D eigenvalue weighted by atomic mass is 32.2. The van der Waals surface area contributed by atoms with Crippen LogP contribution in [0, 0.1) is 6.92 Å². The Morgan fingerprint density at radius 3 is 2.50 bits per heavy atom. The van der Waals surface area contributed by atoms with Crippen LogP contribution in [0.25, 0.3) is 10.1 Å². The molecule has 0 N–H and O–H groups in total. The van der Waals surface area contributed by atoms with Gasteiger partial charge in [0.15, 0.2) is 0 Å². The molecule has 0 saturated carbocycles. The zero-order chi connectivity index (χ0) is 25.9. The second-order valence-corrected chi connectivity index (χ2v) is 11.8. The molecule has 0 amide bonds. The SMILES string of the molecule is CC1=NCCN(CCS(=O)(=O)N(Cc2ccc(OC(F)(F)F)cc2)c2sc3ccccc3c2C)CC1. The fourth-order valence-corrected chi connectivity index (χ4v) is 7.14. The highest BCUT2D eigenvalue weighted by molar-refractivity contribution is 7.93. The molecule has 11 heteroatoms. The lowest BCUT2D eigenvalue weighted by Crippen LogP contribution is -2.38. The Morgan fingerprint density at radius 2 is 1.81 bits per heavy atom. The van der Waals surface area contributed by atoms with Crippen molar-refractivity contribution in [3.63, 3.8) is 0 Å². The van der Waals surface area contributed by atoms with Crippen LogP contribution >= 0.6 is 11.3 Å². The molecule has 1 aliphatic heterocycles. The summed E-state index contributed by atoms with van der Waals surface area (Å²) in [6.45, 7) is 6.37. The predicted molar refractivity (Wildman–Crippen MR) is 139 cm³/mol. The number of aliphatic imine (C=N–C) groups is 1. The van der Waals surface area contributed by atoms with E-state index < -0.39 is 16.4 Å². The van der Waals surface area contributed by atoms with Gasteiger partial charge in [-0.3, -0.25) is 9.30 Å². The molecule has 194 valence electrons. The van der Waals surface area contributed by atoms with Gasteiger partial charge >= 0.3 is 6.36 Å². The van der Waals surface area contributed by atoms with Crippen LogP contribution in [0.2, 0.25) is 0 Å². The van der Waals surface area contributed by atoms with Gasteiger partial charge in [-0.15, -0.1) is 24.5 Å². The van der Waals surface area contributed by atoms with Gasteiger partial charge in [0.2, 0.25) is 10.0 Å². The van der Waals surface area contributed by atoms with Crippen LogP contribution < -0.4 is 9.04 Å². The van der Waals surface area contributed by atoms with Gasteiger partial charge in [-0.1, -0.05) is 30.3 Å². The van der Waals surface area contributed by atoms with Crippen LogP contribution in [0.15, 0.2) is 53.5 Å². The van der Waals surface area contributed by atoms with Gasteiger partial charge in [0.05, 0.1) is 18.8 Å². The van der Waals surface area contributed by atoms with E-state index in [-0.39, 0.29) is 18.0 Å². The van der Waals surface area contributed by atoms with Crippen molar-refractivity contribution < 1.29 is 26.3 Å². The maximum atomic E-state index is 13.7. The summed E-state index contributed by atoms with van der Waals surface area (Å²) in [7, 11) is -3.75. The number of ether oxygens (including phenoxy) is 1. The first-order chi connectivity index (χ1) is 17.0. The second kappa shape index (κ2) is 10.8. The van der Waals surface area contributed by atoms with E-state index in [2.05, 4.69) is 14.6 Å². The van der Waals surface area contributed by atoms with E-state index in [4.69, 9.17) is 0 Å². The Kier molecular flexibility index (Phi) is 7.91. The van der Waals surface area contributed by atoms with Crippen molar-refractivity contribution in [1.82, 2.24) is 4.90 Å². The summed E-state index contributed by atoms with van der Waals surface area (Å²) in [6, 6.07) is 13.0. The molecule has 0 radical (unpaired) electrons. The van der Waals surface area contributed by atoms with Crippen LogP contribution in [0.5, 0.6) is 5.75 Å². The molecule has 36 heavy (non-hydrogen) atoms. The number of thiophene rings is 1. The van der Waals surface area contributed by atoms with E-state index in [9.17, 15) is 21.6 Å². The molecule has 6 nitrogen and oxygen atoms in total. The van der Waals surface area contributed by atoms with Gasteiger partial charge in [-0.25, -0.2) is 8.42 Å². The maximum absolute atomic E-state index is 13.7. The molecule has 0 aliphatic carbocycles. The first-order valence-corrected chi connectivity index (χ1v) is 14.0. The number of aryl methyl sites for hydroxylation is 1. The second-order valence-electron chi connectivity index (χ2n) is 8.75. The van der Waals surface area contributed by atoms with Gasteiger partial charge in [0, 0.05) is 30.0 Å². The maximum Gasteiger partial charge on any atom is 0.573 e. The highest BCUT2D eigenvalue weighted by Crippen LogP contribution is 2.39. The minimum Gasteiger partial charge on any atom is -0.406 e. The van der Waals surface area contributed by atoms with Gasteiger partial charge in [-0.2, -0.15) is 0 Å². The Hall–Kier alpha value is -2.63. The lowest BCUT2D eigenvalue weighted by molar-refractivity contribution is -0.274. The molecule has 2 aromatic carbocycles. The lowest BCUT2D eigenvalue weighted by Gasteiger charge is -2.26. The molecule has 1 aromatic heterocycles. The van der Waals surface area contributed by atoms with E-state index in [1.54, 1.807) is 0 Å². The molecule has 3 aromatic rings. The molecule has 0 bridgehead atoms. The molecule has 0 saturated heterocycles. The monoisotopic (exact) mass is 539 g/mol. The minimum absolute atomic E-state index is 0.00448. The molecule has 0 atom stereocenters. The molecule has 4 rings (SSSR count). The zero-order valence-corrected chi connectivity index (χ0v) is 21.7. The number of halogens is 3. The smallest absolute Gasteiger partial charge is 0.406 e. The molecule has 2 heterocycles. The Bertz CT molecular complexity index is 1340. The summed E-state index contributed by atoms with van der Waals surface area (Å²) in [4.78, 5) is 6.57. The van der Waals surface area contributed by atoms with Crippen molar-refractivity contribution in [2.45, 2.75) is 33.2 Å². The average molecular weight is 540 g/mol. The molecule has 0 unspecified atom stereocenters. The number of rotatable bonds is 8. The Labute approximate surface area is 213 Å². The number of sulfonamides is 1. The lowest BCUT2D eigenvalue weighted by atomic mass is 10.2. The van der Waals surface area contributed by atoms with E-state index in [0.717, 1.165) is 34.3 Å². The summed E-state index contributed by atoms with van der Waals surface area (Å²) in [5, 5.41) is 1.59. The Balaban J connectivity index is 1.60. The Morgan fingerprint density at radius 1 is 1.08 bits per heavy atom. The fourth-order valence-electron chi connectivity index (χ4n) is 4.13. The topological polar surface area (TPSA) is 62.2 Å². The van der Waals surface area contributed by atoms with Gasteiger partial charge in [-0.05, 0) is 55.0 Å². The standard InChI is InChI=1S/C25H28F3N3O3S2/c1-18-11-13-30(14-12-29-18)15-16-36(32,33)31(24-19(2)22-5-3-4-6-23(22)35-24)17-20-7-9-21(10-8-20)34-25(26,27)28/h3-10H,11-17H2,1-2H3. The van der Waals surface area contributed by atoms with Crippen LogP contribution in [0.1, 0.15) is 24.5 Å². The van der Waals surface area contributed by atoms with Crippen molar-refractivity contribution in [2.24, 2.45) is 4.99 Å². The number of fused-ring (bicyclic) bond motifs is 1. The first-order valence-electron chi connectivity index (χ1n) is 11.6. The number of anilines is 1. The minimum atomic E-state index is -4.79. The van der Waals surface area contributed by atoms with Gasteiger partial charge < -0.3 is 9.64 Å². The van der Waals surface area contributed by atoms with Gasteiger partial charge in [0.25, 0.3) is 0 Å². The molecule has 1 aliphatic rings. The van der Waals surface area contributed by atoms with E-state index in [1.807, 2.05) is 38.1 Å². The van der Waals surface area contributed by atoms with Crippen molar-refractivity contribution in [3.05, 3.63) is 59.7 Å². The summed E-state index contributed by atoms with van der Waals surface area (Å²) in [5.74, 6) is -0.424. The van der Waals surface area contributed by atoms with Crippen molar-refractivity contribution >= 4 is 42.2 Å². The zero-order valence-electron chi connectivity index (χ0n) is 20.1. The third-order valence-electron chi connectivity index (χ3n) is 6.12. The summed E-state index contributed by atoms with van der Waals surface area (Å²) >= 11 is 1.40. The average Bonchev–Trinajstić information content (AvgIpc) is 2.99. The normalized spacial score (nSPS) is 15.5. The molecule has 0 fully saturated rings. The fraction of sp³-hybridized carbons (Fsp3) is 0.400. The van der Waals surface area contributed by atoms with Crippen LogP contribution in [-0.2, 0) is 16.6 Å². The van der Waals surface area contributed by atoms with Crippen molar-refractivity contribution in [2.75, 3.05) is 36.2 Å². The quantitative estimate of drug-likeness (QED) is 0.373. The van der Waals surface area contributed by atoms with Crippen LogP contribution in [0.3, 0.4) is 0 Å². The molecular weight excluding hydrogens is 511 g/mol. The number of hydrogen-bond acceptors (Lipinski definition) is 6. The highest BCUT2D eigenvalue weighted by Gasteiger charge is 2.31. The molecule has 0 spiro atoms. The van der Waals surface area contributed by atoms with Gasteiger partial charge in [0.1, 0.15) is 10.8 Å². The summed E-state index contributed by atoms with van der Waals surface area (Å²) in [6.07, 6.45) is -3.98. The number of nitrogens with zero attached hydrogens (tertiary/aromatic N) is 3. The van der Waals surface area contributed by atoms with E-state index in [0.29, 0.717) is 30.2 Å². The molecular formula is C25H28F3N3O3S2. The van der Waals surface area contributed by atoms with E-state index in [1.165, 1.54) is 39.9 Å². The number of hydrogen-bond donors (Lipinski definition) is 0. The van der Waals surface area contributed by atoms with Crippen molar-refractivity contribution in [1.29, 1.82) is 0 Å². The third kappa shape index (κ3) is 6.57. The number of alkyl halides is 3. The number of benzene rings is 2. The third-order valence-corrected chi connectivity index (χ3v) is 9.21. The summed E-state index contributed by atoms with van der Waals surface area (Å²) in [5.41, 5.74) is 2.49. The largest absolute Gasteiger partial charge is 0.573 e. The summed E-state index contributed by atoms with van der Waals surface area (Å²) < 4.78 is 71.4. The first kappa shape index (κ1) is 26.4. The predicted octanol–water partition coefficient (Wildman–Crippen LogP) is 5.61.